The van der Waals surface area contributed by atoms with E-state index in [-0.39, 0.29) is 4.83 Å². The molecule has 3 rings (SSSR count). The molecule has 3 heteroatoms. The zero-order valence-corrected chi connectivity index (χ0v) is 13.9. The van der Waals surface area contributed by atoms with Crippen LogP contribution in [0.1, 0.15) is 33.5 Å². The fraction of sp³-hybridized carbons (Fsp3) is 0.333. The molecular formula is C18H19BrO2. The molecule has 1 atom stereocenters. The average molecular weight is 347 g/mol. The van der Waals surface area contributed by atoms with Gasteiger partial charge in [0, 0.05) is 5.56 Å². The van der Waals surface area contributed by atoms with E-state index < -0.39 is 0 Å². The molecule has 0 radical (unpaired) electrons. The van der Waals surface area contributed by atoms with Crippen molar-refractivity contribution in [3.05, 3.63) is 58.7 Å². The van der Waals surface area contributed by atoms with E-state index in [1.54, 1.807) is 7.11 Å². The maximum atomic E-state index is 5.69. The van der Waals surface area contributed by atoms with Crippen molar-refractivity contribution < 1.29 is 9.47 Å². The minimum Gasteiger partial charge on any atom is -0.496 e. The summed E-state index contributed by atoms with van der Waals surface area (Å²) < 4.78 is 11.2. The molecule has 0 saturated heterocycles. The Morgan fingerprint density at radius 1 is 1.19 bits per heavy atom. The van der Waals surface area contributed by atoms with Crippen molar-refractivity contribution in [1.29, 1.82) is 0 Å². The van der Waals surface area contributed by atoms with Gasteiger partial charge >= 0.3 is 0 Å². The van der Waals surface area contributed by atoms with Crippen LogP contribution in [0, 0.1) is 6.92 Å². The van der Waals surface area contributed by atoms with E-state index in [0.29, 0.717) is 0 Å². The Hall–Kier alpha value is -1.48. The number of alkyl halides is 1. The molecule has 21 heavy (non-hydrogen) atoms. The number of rotatable bonds is 3. The van der Waals surface area contributed by atoms with E-state index in [0.717, 1.165) is 36.5 Å². The van der Waals surface area contributed by atoms with Crippen LogP contribution in [-0.4, -0.2) is 13.7 Å². The zero-order valence-electron chi connectivity index (χ0n) is 12.4. The molecule has 2 aromatic carbocycles. The van der Waals surface area contributed by atoms with E-state index >= 15 is 0 Å². The quantitative estimate of drug-likeness (QED) is 0.742. The Kier molecular flexibility index (Phi) is 4.20. The summed E-state index contributed by atoms with van der Waals surface area (Å²) >= 11 is 3.83. The van der Waals surface area contributed by atoms with Crippen LogP contribution >= 0.6 is 15.9 Å². The Morgan fingerprint density at radius 3 is 2.86 bits per heavy atom. The molecule has 0 fully saturated rings. The number of aryl methyl sites for hydroxylation is 2. The molecule has 1 aliphatic heterocycles. The molecule has 1 heterocycles. The second-order valence-corrected chi connectivity index (χ2v) is 6.34. The molecule has 0 aliphatic carbocycles. The topological polar surface area (TPSA) is 18.5 Å². The Morgan fingerprint density at radius 2 is 2.05 bits per heavy atom. The molecule has 0 N–H and O–H groups in total. The first-order chi connectivity index (χ1) is 10.2. The third-order valence-electron chi connectivity index (χ3n) is 3.88. The van der Waals surface area contributed by atoms with E-state index in [1.165, 1.54) is 16.7 Å². The maximum Gasteiger partial charge on any atom is 0.123 e. The lowest BCUT2D eigenvalue weighted by Gasteiger charge is -2.20. The van der Waals surface area contributed by atoms with Crippen LogP contribution in [0.15, 0.2) is 36.4 Å². The number of fused-ring (bicyclic) bond motifs is 1. The summed E-state index contributed by atoms with van der Waals surface area (Å²) in [6.45, 7) is 2.93. The molecule has 0 aromatic heterocycles. The lowest BCUT2D eigenvalue weighted by Crippen LogP contribution is -2.09. The van der Waals surface area contributed by atoms with E-state index in [2.05, 4.69) is 53.2 Å². The van der Waals surface area contributed by atoms with Gasteiger partial charge in [-0.1, -0.05) is 45.8 Å². The van der Waals surface area contributed by atoms with Crippen molar-refractivity contribution in [3.63, 3.8) is 0 Å². The molecule has 0 amide bonds. The summed E-state index contributed by atoms with van der Waals surface area (Å²) in [6.07, 6.45) is 2.19. The maximum absolute atomic E-state index is 5.69. The highest BCUT2D eigenvalue weighted by Crippen LogP contribution is 2.39. The molecule has 1 unspecified atom stereocenters. The van der Waals surface area contributed by atoms with Crippen molar-refractivity contribution in [1.82, 2.24) is 0 Å². The van der Waals surface area contributed by atoms with Crippen molar-refractivity contribution in [2.75, 3.05) is 13.7 Å². The van der Waals surface area contributed by atoms with Crippen molar-refractivity contribution in [2.24, 2.45) is 0 Å². The van der Waals surface area contributed by atoms with Gasteiger partial charge in [-0.2, -0.15) is 0 Å². The number of methoxy groups -OCH3 is 1. The van der Waals surface area contributed by atoms with Gasteiger partial charge < -0.3 is 9.47 Å². The highest BCUT2D eigenvalue weighted by Gasteiger charge is 2.18. The third kappa shape index (κ3) is 2.93. The second kappa shape index (κ2) is 6.10. The van der Waals surface area contributed by atoms with Gasteiger partial charge in [0.1, 0.15) is 11.5 Å². The predicted molar refractivity (Wildman–Crippen MR) is 88.8 cm³/mol. The molecule has 2 nitrogen and oxygen atoms in total. The van der Waals surface area contributed by atoms with Crippen LogP contribution in [0.4, 0.5) is 0 Å². The fourth-order valence-corrected chi connectivity index (χ4v) is 3.41. The van der Waals surface area contributed by atoms with Crippen LogP contribution in [0.5, 0.6) is 11.5 Å². The Bertz CT molecular complexity index is 652. The largest absolute Gasteiger partial charge is 0.496 e. The monoisotopic (exact) mass is 346 g/mol. The number of ether oxygens (including phenoxy) is 2. The summed E-state index contributed by atoms with van der Waals surface area (Å²) in [4.78, 5) is 0.125. The SMILES string of the molecule is COc1ccc(C)cc1C(Br)c1ccc2c(c1)CCCO2. The molecule has 2 aromatic rings. The molecule has 0 bridgehead atoms. The Labute approximate surface area is 134 Å². The third-order valence-corrected chi connectivity index (χ3v) is 4.91. The minimum atomic E-state index is 0.125. The van der Waals surface area contributed by atoms with Crippen LogP contribution in [0.25, 0.3) is 0 Å². The zero-order chi connectivity index (χ0) is 14.8. The van der Waals surface area contributed by atoms with Gasteiger partial charge in [0.2, 0.25) is 0 Å². The predicted octanol–water partition coefficient (Wildman–Crippen LogP) is 4.81. The van der Waals surface area contributed by atoms with E-state index in [1.807, 2.05) is 6.07 Å². The number of benzene rings is 2. The van der Waals surface area contributed by atoms with E-state index in [9.17, 15) is 0 Å². The smallest absolute Gasteiger partial charge is 0.123 e. The second-order valence-electron chi connectivity index (χ2n) is 5.43. The van der Waals surface area contributed by atoms with Gasteiger partial charge in [0.05, 0.1) is 18.5 Å². The summed E-state index contributed by atoms with van der Waals surface area (Å²) in [5.74, 6) is 1.94. The highest BCUT2D eigenvalue weighted by molar-refractivity contribution is 9.09. The van der Waals surface area contributed by atoms with Crippen molar-refractivity contribution in [3.8, 4) is 11.5 Å². The first-order valence-electron chi connectivity index (χ1n) is 7.23. The molecule has 0 spiro atoms. The highest BCUT2D eigenvalue weighted by atomic mass is 79.9. The summed E-state index contributed by atoms with van der Waals surface area (Å²) in [5, 5.41) is 0. The number of halogens is 1. The Balaban J connectivity index is 1.98. The normalized spacial score (nSPS) is 15.0. The van der Waals surface area contributed by atoms with Crippen LogP contribution < -0.4 is 9.47 Å². The number of hydrogen-bond acceptors (Lipinski definition) is 2. The molecule has 1 aliphatic rings. The minimum absolute atomic E-state index is 0.125. The van der Waals surface area contributed by atoms with Gasteiger partial charge in [-0.15, -0.1) is 0 Å². The summed E-state index contributed by atoms with van der Waals surface area (Å²) in [6, 6.07) is 12.7. The van der Waals surface area contributed by atoms with Gasteiger partial charge in [0.25, 0.3) is 0 Å². The van der Waals surface area contributed by atoms with Crippen LogP contribution in [0.2, 0.25) is 0 Å². The fourth-order valence-electron chi connectivity index (χ4n) is 2.77. The van der Waals surface area contributed by atoms with Crippen molar-refractivity contribution >= 4 is 15.9 Å². The molecular weight excluding hydrogens is 328 g/mol. The van der Waals surface area contributed by atoms with E-state index in [4.69, 9.17) is 9.47 Å². The first-order valence-corrected chi connectivity index (χ1v) is 8.15. The van der Waals surface area contributed by atoms with Crippen LogP contribution in [-0.2, 0) is 6.42 Å². The summed E-state index contributed by atoms with van der Waals surface area (Å²) in [7, 11) is 1.72. The van der Waals surface area contributed by atoms with Gasteiger partial charge in [-0.3, -0.25) is 0 Å². The van der Waals surface area contributed by atoms with Crippen LogP contribution in [0.3, 0.4) is 0 Å². The average Bonchev–Trinajstić information content (AvgIpc) is 2.53. The lowest BCUT2D eigenvalue weighted by atomic mass is 9.97. The standard InChI is InChI=1S/C18H19BrO2/c1-12-5-7-17(20-2)15(10-12)18(19)14-6-8-16-13(11-14)4-3-9-21-16/h5-8,10-11,18H,3-4,9H2,1-2H3. The lowest BCUT2D eigenvalue weighted by molar-refractivity contribution is 0.288. The number of hydrogen-bond donors (Lipinski definition) is 0. The van der Waals surface area contributed by atoms with Crippen molar-refractivity contribution in [2.45, 2.75) is 24.6 Å². The van der Waals surface area contributed by atoms with Gasteiger partial charge in [-0.25, -0.2) is 0 Å². The molecule has 0 saturated carbocycles. The molecule has 110 valence electrons. The van der Waals surface area contributed by atoms with Gasteiger partial charge in [-0.05, 0) is 43.0 Å². The summed E-state index contributed by atoms with van der Waals surface area (Å²) in [5.41, 5.74) is 4.93. The van der Waals surface area contributed by atoms with Gasteiger partial charge in [0.15, 0.2) is 0 Å². The first kappa shape index (κ1) is 14.5.